The monoisotopic (exact) mass is 806 g/mol. The van der Waals surface area contributed by atoms with Gasteiger partial charge in [0, 0.05) is 18.2 Å². The fourth-order valence-corrected chi connectivity index (χ4v) is 9.05. The number of carbonyl (C=O) groups is 4. The molecule has 60 heavy (non-hydrogen) atoms. The molecule has 4 aromatic carbocycles. The number of fused-ring (bicyclic) bond motifs is 3. The van der Waals surface area contributed by atoms with Crippen molar-refractivity contribution in [2.24, 2.45) is 0 Å². The zero-order valence-corrected chi connectivity index (χ0v) is 33.4. The molecule has 14 nitrogen and oxygen atoms in total. The highest BCUT2D eigenvalue weighted by Gasteiger charge is 2.45. The fourth-order valence-electron chi connectivity index (χ4n) is 9.05. The number of aromatic nitrogens is 4. The fraction of sp³-hybridized carbons (Fsp3) is 0.304. The molecule has 0 spiro atoms. The second kappa shape index (κ2) is 16.4. The minimum absolute atomic E-state index is 0.0877. The second-order valence-corrected chi connectivity index (χ2v) is 15.7. The van der Waals surface area contributed by atoms with E-state index in [0.717, 1.165) is 87.9 Å². The normalized spacial score (nSPS) is 20.7. The minimum Gasteiger partial charge on any atom is -0.453 e. The van der Waals surface area contributed by atoms with Crippen LogP contribution in [0, 0.1) is 0 Å². The van der Waals surface area contributed by atoms with Crippen LogP contribution in [0.5, 0.6) is 0 Å². The molecule has 0 aliphatic carbocycles. The highest BCUT2D eigenvalue weighted by Crippen LogP contribution is 2.41. The molecular formula is C46H46N8O6. The number of rotatable bonds is 9. The lowest BCUT2D eigenvalue weighted by molar-refractivity contribution is -0.139. The summed E-state index contributed by atoms with van der Waals surface area (Å²) in [5.74, 6) is 1.17. The van der Waals surface area contributed by atoms with Crippen LogP contribution in [0.15, 0.2) is 91.1 Å². The van der Waals surface area contributed by atoms with Gasteiger partial charge in [-0.15, -0.1) is 0 Å². The first-order valence-electron chi connectivity index (χ1n) is 20.4. The van der Waals surface area contributed by atoms with Gasteiger partial charge in [0.05, 0.1) is 49.2 Å². The van der Waals surface area contributed by atoms with Crippen LogP contribution in [0.25, 0.3) is 45.2 Å². The molecule has 1 unspecified atom stereocenters. The summed E-state index contributed by atoms with van der Waals surface area (Å²) < 4.78 is 9.57. The molecule has 6 aromatic rings. The number of ether oxygens (including phenoxy) is 2. The van der Waals surface area contributed by atoms with Crippen molar-refractivity contribution in [2.45, 2.75) is 68.7 Å². The highest BCUT2D eigenvalue weighted by atomic mass is 16.5. The van der Waals surface area contributed by atoms with Crippen molar-refractivity contribution in [3.05, 3.63) is 119 Å². The quantitative estimate of drug-likeness (QED) is 0.108. The predicted molar refractivity (Wildman–Crippen MR) is 226 cm³/mol. The van der Waals surface area contributed by atoms with Crippen molar-refractivity contribution in [3.8, 4) is 11.3 Å². The van der Waals surface area contributed by atoms with E-state index in [2.05, 4.69) is 75.2 Å². The van der Waals surface area contributed by atoms with E-state index >= 15 is 0 Å². The Bertz CT molecular complexity index is 2620. The number of H-pyrrole nitrogens is 2. The van der Waals surface area contributed by atoms with Gasteiger partial charge in [0.1, 0.15) is 23.7 Å². The van der Waals surface area contributed by atoms with E-state index in [1.807, 2.05) is 53.6 Å². The zero-order valence-electron chi connectivity index (χ0n) is 33.4. The maximum atomic E-state index is 13.9. The second-order valence-electron chi connectivity index (χ2n) is 15.7. The lowest BCUT2D eigenvalue weighted by atomic mass is 9.98. The SMILES string of the molecule is COC(=O)N[C@H]1CC[C@H]2CC[C@@H](c3ncc(-c4ccc5cc(/C=C/c6ccc7nc(C8CCCN8C(=O)[C@H](NC(=O)OC)c8ccccc8)[nH]c7c6)ccc5c4)[nH]3)N2C1=O. The molecule has 0 bridgehead atoms. The standard InChI is InChI=1S/C46H46N8O6/c1-59-45(57)51-35-20-17-33-18-21-39(54(33)43(35)55)41-47-26-37(50-41)32-16-15-30-23-27(12-14-31(30)25-32)10-11-28-13-19-34-36(24-28)49-42(48-34)38-9-6-22-53(38)44(56)40(52-46(58)60-2)29-7-4-3-5-8-29/h3-5,7-8,10-16,19,23-26,33,35,38-40H,6,9,17-18,20-22H2,1-2H3,(H,47,50)(H,48,49)(H,51,57)(H,52,58)/b11-10+/t33-,35-,38?,39-,40+/m0/s1. The molecule has 4 N–H and O–H groups in total. The zero-order chi connectivity index (χ0) is 41.3. The number of carbonyl (C=O) groups excluding carboxylic acids is 4. The summed E-state index contributed by atoms with van der Waals surface area (Å²) in [5, 5.41) is 7.60. The molecule has 0 radical (unpaired) electrons. The summed E-state index contributed by atoms with van der Waals surface area (Å²) in [6.07, 6.45) is 9.45. The predicted octanol–water partition coefficient (Wildman–Crippen LogP) is 7.59. The topological polar surface area (TPSA) is 175 Å². The van der Waals surface area contributed by atoms with Crippen LogP contribution in [0.2, 0.25) is 0 Å². The molecule has 3 saturated heterocycles. The molecule has 9 rings (SSSR count). The van der Waals surface area contributed by atoms with Gasteiger partial charge < -0.3 is 39.9 Å². The number of piperidine rings is 1. The maximum Gasteiger partial charge on any atom is 0.407 e. The number of alkyl carbamates (subject to hydrolysis) is 2. The molecule has 2 aromatic heterocycles. The third-order valence-corrected chi connectivity index (χ3v) is 12.1. The Morgan fingerprint density at radius 1 is 0.800 bits per heavy atom. The Morgan fingerprint density at radius 3 is 2.37 bits per heavy atom. The number of likely N-dealkylation sites (tertiary alicyclic amines) is 1. The number of nitrogens with zero attached hydrogens (tertiary/aromatic N) is 4. The van der Waals surface area contributed by atoms with Crippen LogP contribution in [0.1, 0.15) is 85.0 Å². The van der Waals surface area contributed by atoms with Crippen LogP contribution in [-0.2, 0) is 19.1 Å². The van der Waals surface area contributed by atoms with E-state index in [1.54, 1.807) is 4.90 Å². The maximum absolute atomic E-state index is 13.9. The number of nitrogens with one attached hydrogen (secondary N) is 4. The van der Waals surface area contributed by atoms with Gasteiger partial charge in [0.15, 0.2) is 0 Å². The van der Waals surface area contributed by atoms with Crippen LogP contribution in [-0.4, -0.2) is 86.6 Å². The molecule has 306 valence electrons. The van der Waals surface area contributed by atoms with Crippen molar-refractivity contribution < 1.29 is 28.7 Å². The van der Waals surface area contributed by atoms with Crippen LogP contribution in [0.3, 0.4) is 0 Å². The number of hydrogen-bond acceptors (Lipinski definition) is 8. The third-order valence-electron chi connectivity index (χ3n) is 12.1. The largest absolute Gasteiger partial charge is 0.453 e. The van der Waals surface area contributed by atoms with Gasteiger partial charge in [-0.1, -0.05) is 72.8 Å². The van der Waals surface area contributed by atoms with Crippen molar-refractivity contribution in [2.75, 3.05) is 20.8 Å². The van der Waals surface area contributed by atoms with Gasteiger partial charge in [0.2, 0.25) is 5.91 Å². The van der Waals surface area contributed by atoms with Gasteiger partial charge in [0.25, 0.3) is 5.91 Å². The van der Waals surface area contributed by atoms with Gasteiger partial charge in [-0.3, -0.25) is 9.59 Å². The smallest absolute Gasteiger partial charge is 0.407 e. The Labute approximate surface area is 346 Å². The Kier molecular flexibility index (Phi) is 10.5. The summed E-state index contributed by atoms with van der Waals surface area (Å²) >= 11 is 0. The summed E-state index contributed by atoms with van der Waals surface area (Å²) in [6, 6.07) is 26.2. The van der Waals surface area contributed by atoms with Crippen molar-refractivity contribution in [1.29, 1.82) is 0 Å². The minimum atomic E-state index is -0.879. The molecule has 5 atom stereocenters. The first-order chi connectivity index (χ1) is 29.3. The van der Waals surface area contributed by atoms with E-state index in [1.165, 1.54) is 14.2 Å². The number of hydrogen-bond donors (Lipinski definition) is 4. The van der Waals surface area contributed by atoms with Crippen LogP contribution < -0.4 is 10.6 Å². The molecule has 4 amide bonds. The molecule has 0 saturated carbocycles. The molecule has 14 heteroatoms. The Balaban J connectivity index is 0.877. The van der Waals surface area contributed by atoms with Crippen LogP contribution >= 0.6 is 0 Å². The number of methoxy groups -OCH3 is 2. The van der Waals surface area contributed by atoms with Gasteiger partial charge in [-0.25, -0.2) is 19.6 Å². The summed E-state index contributed by atoms with van der Waals surface area (Å²) in [7, 11) is 2.58. The highest BCUT2D eigenvalue weighted by molar-refractivity contribution is 5.91. The van der Waals surface area contributed by atoms with Crippen molar-refractivity contribution in [1.82, 2.24) is 40.4 Å². The summed E-state index contributed by atoms with van der Waals surface area (Å²) in [6.45, 7) is 0.557. The Hall–Kier alpha value is -6.96. The van der Waals surface area contributed by atoms with E-state index in [4.69, 9.17) is 19.4 Å². The van der Waals surface area contributed by atoms with Gasteiger partial charge in [-0.05, 0) is 90.3 Å². The van der Waals surface area contributed by atoms with Gasteiger partial charge in [-0.2, -0.15) is 0 Å². The van der Waals surface area contributed by atoms with E-state index in [9.17, 15) is 19.2 Å². The third kappa shape index (κ3) is 7.56. The molecular weight excluding hydrogens is 761 g/mol. The average molecular weight is 807 g/mol. The molecule has 3 aliphatic rings. The lowest BCUT2D eigenvalue weighted by Gasteiger charge is -2.37. The van der Waals surface area contributed by atoms with E-state index in [0.29, 0.717) is 18.5 Å². The number of amides is 4. The summed E-state index contributed by atoms with van der Waals surface area (Å²) in [4.78, 5) is 71.7. The van der Waals surface area contributed by atoms with Crippen molar-refractivity contribution >= 4 is 58.0 Å². The first-order valence-corrected chi connectivity index (χ1v) is 20.4. The average Bonchev–Trinajstić information content (AvgIpc) is 4.11. The van der Waals surface area contributed by atoms with Gasteiger partial charge >= 0.3 is 12.2 Å². The van der Waals surface area contributed by atoms with Crippen molar-refractivity contribution in [3.63, 3.8) is 0 Å². The summed E-state index contributed by atoms with van der Waals surface area (Å²) in [5.41, 5.74) is 6.31. The molecule has 3 fully saturated rings. The van der Waals surface area contributed by atoms with E-state index < -0.39 is 24.3 Å². The number of aromatic amines is 2. The first kappa shape index (κ1) is 38.6. The van der Waals surface area contributed by atoms with Crippen LogP contribution in [0.4, 0.5) is 9.59 Å². The Morgan fingerprint density at radius 2 is 1.55 bits per heavy atom. The number of imidazole rings is 2. The number of benzene rings is 4. The van der Waals surface area contributed by atoms with E-state index in [-0.39, 0.29) is 29.9 Å². The molecule has 3 aliphatic heterocycles. The molecule has 5 heterocycles. The lowest BCUT2D eigenvalue weighted by Crippen LogP contribution is -2.54.